The molecule has 0 bridgehead atoms. The number of carboxylic acids is 1. The second-order valence-corrected chi connectivity index (χ2v) is 4.15. The van der Waals surface area contributed by atoms with Crippen LogP contribution >= 0.6 is 11.6 Å². The number of aromatic nitrogens is 2. The molecule has 2 aromatic rings. The van der Waals surface area contributed by atoms with Crippen molar-refractivity contribution in [3.05, 3.63) is 40.8 Å². The third kappa shape index (κ3) is 2.51. The minimum absolute atomic E-state index is 0.00315. The molecule has 1 N–H and O–H groups in total. The average molecular weight is 279 g/mol. The van der Waals surface area contributed by atoms with Crippen molar-refractivity contribution in [2.45, 2.75) is 6.92 Å². The Morgan fingerprint density at radius 2 is 2.00 bits per heavy atom. The van der Waals surface area contributed by atoms with E-state index in [9.17, 15) is 9.90 Å². The van der Waals surface area contributed by atoms with Gasteiger partial charge in [-0.1, -0.05) is 12.1 Å². The predicted molar refractivity (Wildman–Crippen MR) is 70.7 cm³/mol. The summed E-state index contributed by atoms with van der Waals surface area (Å²) in [6, 6.07) is 7.02. The van der Waals surface area contributed by atoms with Gasteiger partial charge in [-0.25, -0.2) is 14.8 Å². The lowest BCUT2D eigenvalue weighted by Gasteiger charge is -2.11. The normalized spacial score (nSPS) is 10.3. The molecule has 2 rings (SSSR count). The Morgan fingerprint density at radius 1 is 1.32 bits per heavy atom. The van der Waals surface area contributed by atoms with E-state index in [0.29, 0.717) is 17.0 Å². The fourth-order valence-electron chi connectivity index (χ4n) is 1.83. The van der Waals surface area contributed by atoms with Gasteiger partial charge in [0.1, 0.15) is 11.3 Å². The summed E-state index contributed by atoms with van der Waals surface area (Å²) in [6.07, 6.45) is 0. The monoisotopic (exact) mass is 278 g/mol. The molecule has 0 radical (unpaired) electrons. The lowest BCUT2D eigenvalue weighted by atomic mass is 10.0. The van der Waals surface area contributed by atoms with Gasteiger partial charge < -0.3 is 9.84 Å². The molecular formula is C13H11ClN2O3. The van der Waals surface area contributed by atoms with Gasteiger partial charge in [-0.05, 0) is 30.7 Å². The van der Waals surface area contributed by atoms with Crippen LogP contribution in [0.5, 0.6) is 5.75 Å². The van der Waals surface area contributed by atoms with Crippen LogP contribution in [0.25, 0.3) is 11.3 Å². The Kier molecular flexibility index (Phi) is 3.66. The van der Waals surface area contributed by atoms with Crippen LogP contribution in [-0.2, 0) is 0 Å². The number of carbonyl (C=O) groups is 1. The van der Waals surface area contributed by atoms with Gasteiger partial charge >= 0.3 is 5.97 Å². The lowest BCUT2D eigenvalue weighted by Crippen LogP contribution is -2.08. The third-order valence-corrected chi connectivity index (χ3v) is 2.81. The van der Waals surface area contributed by atoms with Gasteiger partial charge in [-0.15, -0.1) is 0 Å². The number of methoxy groups -OCH3 is 1. The van der Waals surface area contributed by atoms with E-state index in [0.717, 1.165) is 0 Å². The number of hydrogen-bond donors (Lipinski definition) is 1. The van der Waals surface area contributed by atoms with Crippen molar-refractivity contribution < 1.29 is 14.6 Å². The first-order valence-corrected chi connectivity index (χ1v) is 5.83. The van der Waals surface area contributed by atoms with Crippen LogP contribution in [0.15, 0.2) is 24.3 Å². The maximum atomic E-state index is 11.4. The van der Waals surface area contributed by atoms with Gasteiger partial charge in [-0.3, -0.25) is 0 Å². The number of nitrogens with zero attached hydrogens (tertiary/aromatic N) is 2. The van der Waals surface area contributed by atoms with Crippen LogP contribution in [0.4, 0.5) is 0 Å². The van der Waals surface area contributed by atoms with Crippen LogP contribution in [-0.4, -0.2) is 28.2 Å². The molecule has 1 heterocycles. The molecule has 1 aromatic heterocycles. The maximum Gasteiger partial charge on any atom is 0.339 e. The van der Waals surface area contributed by atoms with Crippen molar-refractivity contribution in [3.63, 3.8) is 0 Å². The van der Waals surface area contributed by atoms with Crippen molar-refractivity contribution in [2.75, 3.05) is 7.11 Å². The average Bonchev–Trinajstić information content (AvgIpc) is 2.37. The zero-order valence-corrected chi connectivity index (χ0v) is 11.1. The summed E-state index contributed by atoms with van der Waals surface area (Å²) < 4.78 is 5.22. The van der Waals surface area contributed by atoms with E-state index < -0.39 is 5.97 Å². The first kappa shape index (κ1) is 13.3. The number of hydrogen-bond acceptors (Lipinski definition) is 4. The summed E-state index contributed by atoms with van der Waals surface area (Å²) in [4.78, 5) is 19.3. The molecule has 1 aromatic carbocycles. The summed E-state index contributed by atoms with van der Waals surface area (Å²) in [7, 11) is 1.51. The second-order valence-electron chi connectivity index (χ2n) is 3.81. The highest BCUT2D eigenvalue weighted by Crippen LogP contribution is 2.32. The number of carboxylic acid groups (broad SMARTS) is 1. The fraction of sp³-hybridized carbons (Fsp3) is 0.154. The van der Waals surface area contributed by atoms with Crippen LogP contribution in [0.2, 0.25) is 5.28 Å². The molecule has 0 unspecified atom stereocenters. The Balaban J connectivity index is 2.77. The molecular weight excluding hydrogens is 268 g/mol. The van der Waals surface area contributed by atoms with Crippen molar-refractivity contribution in [2.24, 2.45) is 0 Å². The van der Waals surface area contributed by atoms with Crippen LogP contribution in [0.1, 0.15) is 16.1 Å². The number of rotatable bonds is 3. The molecule has 0 aliphatic heterocycles. The van der Waals surface area contributed by atoms with Gasteiger partial charge in [0.2, 0.25) is 5.28 Å². The lowest BCUT2D eigenvalue weighted by molar-refractivity contribution is 0.0696. The van der Waals surface area contributed by atoms with Gasteiger partial charge in [0.15, 0.2) is 0 Å². The highest BCUT2D eigenvalue weighted by Gasteiger charge is 2.20. The summed E-state index contributed by atoms with van der Waals surface area (Å²) in [5.41, 5.74) is 1.15. The summed E-state index contributed by atoms with van der Waals surface area (Å²) >= 11 is 5.82. The summed E-state index contributed by atoms with van der Waals surface area (Å²) in [6.45, 7) is 1.58. The minimum atomic E-state index is -1.10. The van der Waals surface area contributed by atoms with E-state index in [-0.39, 0.29) is 16.5 Å². The van der Waals surface area contributed by atoms with Gasteiger partial charge in [0.05, 0.1) is 18.5 Å². The van der Waals surface area contributed by atoms with E-state index in [1.165, 1.54) is 7.11 Å². The smallest absolute Gasteiger partial charge is 0.339 e. The van der Waals surface area contributed by atoms with Crippen LogP contribution in [0.3, 0.4) is 0 Å². The standard InChI is InChI=1S/C13H11ClN2O3/c1-7-10(12(17)18)11(16-13(14)15-7)8-5-3-4-6-9(8)19-2/h3-6H,1-2H3,(H,17,18). The van der Waals surface area contributed by atoms with Gasteiger partial charge in [0.25, 0.3) is 0 Å². The highest BCUT2D eigenvalue weighted by molar-refractivity contribution is 6.28. The van der Waals surface area contributed by atoms with E-state index in [4.69, 9.17) is 16.3 Å². The van der Waals surface area contributed by atoms with Crippen molar-refractivity contribution in [3.8, 4) is 17.0 Å². The number of halogens is 1. The van der Waals surface area contributed by atoms with Gasteiger partial charge in [0, 0.05) is 5.56 Å². The number of benzene rings is 1. The van der Waals surface area contributed by atoms with Crippen molar-refractivity contribution in [1.82, 2.24) is 9.97 Å². The molecule has 0 fully saturated rings. The first-order valence-electron chi connectivity index (χ1n) is 5.45. The molecule has 0 amide bonds. The Hall–Kier alpha value is -2.14. The maximum absolute atomic E-state index is 11.4. The molecule has 6 heteroatoms. The summed E-state index contributed by atoms with van der Waals surface area (Å²) in [5, 5.41) is 9.30. The first-order chi connectivity index (χ1) is 9.04. The third-order valence-electron chi connectivity index (χ3n) is 2.64. The predicted octanol–water partition coefficient (Wildman–Crippen LogP) is 2.81. The summed E-state index contributed by atoms with van der Waals surface area (Å²) in [5.74, 6) is -0.575. The van der Waals surface area contributed by atoms with Crippen LogP contribution < -0.4 is 4.74 Å². The molecule has 0 atom stereocenters. The van der Waals surface area contributed by atoms with E-state index in [1.54, 1.807) is 31.2 Å². The van der Waals surface area contributed by atoms with Gasteiger partial charge in [-0.2, -0.15) is 0 Å². The second kappa shape index (κ2) is 5.24. The van der Waals surface area contributed by atoms with E-state index >= 15 is 0 Å². The number of aryl methyl sites for hydroxylation is 1. The largest absolute Gasteiger partial charge is 0.496 e. The molecule has 98 valence electrons. The molecule has 0 spiro atoms. The SMILES string of the molecule is COc1ccccc1-c1nc(Cl)nc(C)c1C(=O)O. The fourth-order valence-corrected chi connectivity index (χ4v) is 2.04. The molecule has 0 aliphatic rings. The zero-order valence-electron chi connectivity index (χ0n) is 10.3. The Labute approximate surface area is 114 Å². The van der Waals surface area contributed by atoms with Crippen molar-refractivity contribution >= 4 is 17.6 Å². The molecule has 0 saturated carbocycles. The topological polar surface area (TPSA) is 72.3 Å². The molecule has 5 nitrogen and oxygen atoms in total. The van der Waals surface area contributed by atoms with Crippen LogP contribution in [0, 0.1) is 6.92 Å². The number of para-hydroxylation sites is 1. The van der Waals surface area contributed by atoms with Crippen molar-refractivity contribution in [1.29, 1.82) is 0 Å². The van der Waals surface area contributed by atoms with E-state index in [2.05, 4.69) is 9.97 Å². The van der Waals surface area contributed by atoms with E-state index in [1.807, 2.05) is 0 Å². The quantitative estimate of drug-likeness (QED) is 0.874. The zero-order chi connectivity index (χ0) is 14.0. The molecule has 0 saturated heterocycles. The number of aromatic carboxylic acids is 1. The Bertz CT molecular complexity index is 644. The highest BCUT2D eigenvalue weighted by atomic mass is 35.5. The molecule has 0 aliphatic carbocycles. The Morgan fingerprint density at radius 3 is 2.63 bits per heavy atom. The minimum Gasteiger partial charge on any atom is -0.496 e. The molecule has 19 heavy (non-hydrogen) atoms. The number of ether oxygens (including phenoxy) is 1.